The van der Waals surface area contributed by atoms with E-state index >= 15 is 0 Å². The average Bonchev–Trinajstić information content (AvgIpc) is 2.35. The van der Waals surface area contributed by atoms with Gasteiger partial charge in [-0.15, -0.1) is 0 Å². The second-order valence-electron chi connectivity index (χ2n) is 3.99. The summed E-state index contributed by atoms with van der Waals surface area (Å²) in [6.07, 6.45) is 1.75. The minimum absolute atomic E-state index is 0.0382. The molecular weight excluding hydrogens is 216 g/mol. The van der Waals surface area contributed by atoms with E-state index in [1.54, 1.807) is 6.20 Å². The van der Waals surface area contributed by atoms with E-state index in [0.29, 0.717) is 6.54 Å². The van der Waals surface area contributed by atoms with Crippen LogP contribution in [0.2, 0.25) is 0 Å². The normalized spacial score (nSPS) is 12.5. The second-order valence-corrected chi connectivity index (χ2v) is 3.99. The van der Waals surface area contributed by atoms with Gasteiger partial charge < -0.3 is 10.8 Å². The third-order valence-electron chi connectivity index (χ3n) is 2.79. The van der Waals surface area contributed by atoms with E-state index in [2.05, 4.69) is 4.98 Å². The molecule has 3 N–H and O–H groups in total. The van der Waals surface area contributed by atoms with E-state index in [1.807, 2.05) is 30.3 Å². The second kappa shape index (κ2) is 4.93. The van der Waals surface area contributed by atoms with E-state index in [0.717, 1.165) is 16.5 Å². The van der Waals surface area contributed by atoms with Crippen molar-refractivity contribution >= 4 is 16.9 Å². The molecule has 1 unspecified atom stereocenters. The zero-order valence-electron chi connectivity index (χ0n) is 9.34. The van der Waals surface area contributed by atoms with Crippen molar-refractivity contribution in [1.29, 1.82) is 0 Å². The van der Waals surface area contributed by atoms with E-state index in [4.69, 9.17) is 10.8 Å². The lowest BCUT2D eigenvalue weighted by atomic mass is 9.96. The first-order chi connectivity index (χ1) is 8.20. The molecule has 0 spiro atoms. The summed E-state index contributed by atoms with van der Waals surface area (Å²) in [6, 6.07) is 9.70. The van der Waals surface area contributed by atoms with Gasteiger partial charge in [0.25, 0.3) is 0 Å². The quantitative estimate of drug-likeness (QED) is 0.839. The number of aromatic nitrogens is 1. The molecule has 1 aromatic carbocycles. The highest BCUT2D eigenvalue weighted by molar-refractivity contribution is 5.79. The molecule has 0 radical (unpaired) electrons. The number of para-hydroxylation sites is 1. The summed E-state index contributed by atoms with van der Waals surface area (Å²) in [7, 11) is 0. The maximum atomic E-state index is 10.7. The van der Waals surface area contributed by atoms with E-state index in [-0.39, 0.29) is 12.3 Å². The van der Waals surface area contributed by atoms with E-state index < -0.39 is 5.97 Å². The number of hydrogen-bond donors (Lipinski definition) is 2. The number of carbonyl (C=O) groups is 1. The number of nitrogens with two attached hydrogens (primary N) is 1. The first-order valence-electron chi connectivity index (χ1n) is 5.47. The minimum Gasteiger partial charge on any atom is -0.481 e. The van der Waals surface area contributed by atoms with Gasteiger partial charge in [-0.1, -0.05) is 18.2 Å². The summed E-state index contributed by atoms with van der Waals surface area (Å²) < 4.78 is 0. The fourth-order valence-corrected chi connectivity index (χ4v) is 1.86. The Morgan fingerprint density at radius 3 is 2.88 bits per heavy atom. The number of hydrogen-bond acceptors (Lipinski definition) is 3. The Hall–Kier alpha value is -1.94. The van der Waals surface area contributed by atoms with Crippen molar-refractivity contribution < 1.29 is 9.90 Å². The van der Waals surface area contributed by atoms with Gasteiger partial charge in [0.1, 0.15) is 0 Å². The molecule has 1 heterocycles. The van der Waals surface area contributed by atoms with Gasteiger partial charge in [0.05, 0.1) is 11.9 Å². The highest BCUT2D eigenvalue weighted by atomic mass is 16.4. The predicted octanol–water partition coefficient (Wildman–Crippen LogP) is 1.75. The van der Waals surface area contributed by atoms with Crippen molar-refractivity contribution in [2.75, 3.05) is 6.54 Å². The van der Waals surface area contributed by atoms with Crippen LogP contribution >= 0.6 is 0 Å². The summed E-state index contributed by atoms with van der Waals surface area (Å²) in [5.41, 5.74) is 7.39. The number of carboxylic acid groups (broad SMARTS) is 1. The zero-order chi connectivity index (χ0) is 12.3. The van der Waals surface area contributed by atoms with Gasteiger partial charge in [-0.25, -0.2) is 0 Å². The maximum Gasteiger partial charge on any atom is 0.304 e. The number of rotatable bonds is 4. The van der Waals surface area contributed by atoms with Crippen molar-refractivity contribution in [2.24, 2.45) is 5.73 Å². The molecular formula is C13H14N2O2. The molecule has 88 valence electrons. The van der Waals surface area contributed by atoms with Gasteiger partial charge in [0.2, 0.25) is 0 Å². The fraction of sp³-hybridized carbons (Fsp3) is 0.231. The molecule has 1 aromatic heterocycles. The van der Waals surface area contributed by atoms with E-state index in [9.17, 15) is 4.79 Å². The highest BCUT2D eigenvalue weighted by Crippen LogP contribution is 2.21. The molecule has 0 aliphatic rings. The first-order valence-corrected chi connectivity index (χ1v) is 5.47. The van der Waals surface area contributed by atoms with Crippen molar-refractivity contribution in [3.63, 3.8) is 0 Å². The number of carboxylic acids is 1. The van der Waals surface area contributed by atoms with Gasteiger partial charge in [0, 0.05) is 17.5 Å². The highest BCUT2D eigenvalue weighted by Gasteiger charge is 2.14. The van der Waals surface area contributed by atoms with Gasteiger partial charge in [-0.3, -0.25) is 9.78 Å². The van der Waals surface area contributed by atoms with E-state index in [1.165, 1.54) is 0 Å². The third kappa shape index (κ3) is 2.60. The molecule has 0 bridgehead atoms. The van der Waals surface area contributed by atoms with Gasteiger partial charge >= 0.3 is 5.97 Å². The minimum atomic E-state index is -0.839. The molecule has 4 heteroatoms. The Labute approximate surface area is 99.1 Å². The summed E-state index contributed by atoms with van der Waals surface area (Å²) in [5, 5.41) is 9.82. The molecule has 2 aromatic rings. The van der Waals surface area contributed by atoms with Gasteiger partial charge in [0.15, 0.2) is 0 Å². The lowest BCUT2D eigenvalue weighted by molar-refractivity contribution is -0.137. The van der Waals surface area contributed by atoms with Crippen LogP contribution in [0.3, 0.4) is 0 Å². The van der Waals surface area contributed by atoms with Crippen molar-refractivity contribution in [2.45, 2.75) is 12.3 Å². The molecule has 0 fully saturated rings. The molecule has 2 rings (SSSR count). The molecule has 0 amide bonds. The van der Waals surface area contributed by atoms with Crippen molar-refractivity contribution in [3.8, 4) is 0 Å². The Balaban J connectivity index is 2.37. The van der Waals surface area contributed by atoms with Crippen LogP contribution in [-0.2, 0) is 4.79 Å². The Morgan fingerprint density at radius 1 is 1.41 bits per heavy atom. The summed E-state index contributed by atoms with van der Waals surface area (Å²) in [5.74, 6) is -1.02. The molecule has 0 saturated carbocycles. The van der Waals surface area contributed by atoms with Crippen LogP contribution in [0, 0.1) is 0 Å². The largest absolute Gasteiger partial charge is 0.481 e. The smallest absolute Gasteiger partial charge is 0.304 e. The van der Waals surface area contributed by atoms with Crippen LogP contribution in [0.4, 0.5) is 0 Å². The lowest BCUT2D eigenvalue weighted by Gasteiger charge is -2.12. The molecule has 17 heavy (non-hydrogen) atoms. The topological polar surface area (TPSA) is 76.2 Å². The van der Waals surface area contributed by atoms with Gasteiger partial charge in [-0.05, 0) is 24.2 Å². The van der Waals surface area contributed by atoms with Crippen molar-refractivity contribution in [3.05, 3.63) is 42.1 Å². The third-order valence-corrected chi connectivity index (χ3v) is 2.79. The van der Waals surface area contributed by atoms with Crippen LogP contribution in [0.1, 0.15) is 17.9 Å². The van der Waals surface area contributed by atoms with Crippen LogP contribution in [0.15, 0.2) is 36.5 Å². The van der Waals surface area contributed by atoms with Crippen LogP contribution < -0.4 is 5.73 Å². The van der Waals surface area contributed by atoms with Crippen LogP contribution in [0.5, 0.6) is 0 Å². The zero-order valence-corrected chi connectivity index (χ0v) is 9.34. The molecule has 0 saturated heterocycles. The number of benzene rings is 1. The average molecular weight is 230 g/mol. The van der Waals surface area contributed by atoms with Crippen LogP contribution in [-0.4, -0.2) is 22.6 Å². The monoisotopic (exact) mass is 230 g/mol. The number of nitrogens with zero attached hydrogens (tertiary/aromatic N) is 1. The SMILES string of the molecule is NCC(CC(=O)O)c1cnc2ccccc2c1. The number of aliphatic carboxylic acids is 1. The Bertz CT molecular complexity index is 540. The Kier molecular flexibility index (Phi) is 3.35. The predicted molar refractivity (Wildman–Crippen MR) is 65.8 cm³/mol. The molecule has 1 atom stereocenters. The molecule has 4 nitrogen and oxygen atoms in total. The summed E-state index contributed by atoms with van der Waals surface area (Å²) >= 11 is 0. The maximum absolute atomic E-state index is 10.7. The molecule has 0 aliphatic carbocycles. The van der Waals surface area contributed by atoms with Crippen molar-refractivity contribution in [1.82, 2.24) is 4.98 Å². The molecule has 0 aliphatic heterocycles. The Morgan fingerprint density at radius 2 is 2.18 bits per heavy atom. The number of fused-ring (bicyclic) bond motifs is 1. The first kappa shape index (κ1) is 11.5. The fourth-order valence-electron chi connectivity index (χ4n) is 1.86. The summed E-state index contributed by atoms with van der Waals surface area (Å²) in [6.45, 7) is 0.312. The van der Waals surface area contributed by atoms with Crippen LogP contribution in [0.25, 0.3) is 10.9 Å². The summed E-state index contributed by atoms with van der Waals surface area (Å²) in [4.78, 5) is 15.0. The number of pyridine rings is 1. The standard InChI is InChI=1S/C13H14N2O2/c14-7-10(6-13(16)17)11-5-9-3-1-2-4-12(9)15-8-11/h1-5,8,10H,6-7,14H2,(H,16,17). The lowest BCUT2D eigenvalue weighted by Crippen LogP contribution is -2.16. The van der Waals surface area contributed by atoms with Gasteiger partial charge in [-0.2, -0.15) is 0 Å².